The van der Waals surface area contributed by atoms with Gasteiger partial charge >= 0.3 is 0 Å². The SMILES string of the molecule is CCCCC(NC(=O)C(Cc1ccc2ccccc2c1)NC(=O)[C@@H](Cc1ccc2ccccc2c1)NC(=O)C1CCNCC1)C(N)=O. The van der Waals surface area contributed by atoms with Gasteiger partial charge in [0.1, 0.15) is 18.1 Å². The number of carbonyl (C=O) groups is 4. The summed E-state index contributed by atoms with van der Waals surface area (Å²) in [4.78, 5) is 53.6. The summed E-state index contributed by atoms with van der Waals surface area (Å²) in [6, 6.07) is 25.0. The zero-order valence-electron chi connectivity index (χ0n) is 27.0. The normalized spacial score (nSPS) is 15.4. The second kappa shape index (κ2) is 16.2. The van der Waals surface area contributed by atoms with Crippen molar-refractivity contribution < 1.29 is 19.2 Å². The highest BCUT2D eigenvalue weighted by Crippen LogP contribution is 2.20. The van der Waals surface area contributed by atoms with E-state index in [0.717, 1.165) is 52.2 Å². The van der Waals surface area contributed by atoms with Crippen molar-refractivity contribution in [3.63, 3.8) is 0 Å². The average Bonchev–Trinajstić information content (AvgIpc) is 3.09. The molecule has 4 aromatic carbocycles. The van der Waals surface area contributed by atoms with Crippen LogP contribution in [-0.2, 0) is 32.0 Å². The molecule has 5 rings (SSSR count). The van der Waals surface area contributed by atoms with Crippen molar-refractivity contribution >= 4 is 45.2 Å². The van der Waals surface area contributed by atoms with E-state index in [9.17, 15) is 19.2 Å². The number of piperidine rings is 1. The number of primary amides is 1. The fourth-order valence-corrected chi connectivity index (χ4v) is 6.23. The lowest BCUT2D eigenvalue weighted by atomic mass is 9.95. The summed E-state index contributed by atoms with van der Waals surface area (Å²) >= 11 is 0. The van der Waals surface area contributed by atoms with Crippen molar-refractivity contribution in [2.24, 2.45) is 11.7 Å². The Hall–Kier alpha value is -4.76. The van der Waals surface area contributed by atoms with Gasteiger partial charge in [-0.15, -0.1) is 0 Å². The van der Waals surface area contributed by atoms with E-state index in [-0.39, 0.29) is 24.7 Å². The fraction of sp³-hybridized carbons (Fsp3) is 0.368. The Kier molecular flexibility index (Phi) is 11.6. The minimum Gasteiger partial charge on any atom is -0.368 e. The van der Waals surface area contributed by atoms with Crippen LogP contribution < -0.4 is 27.0 Å². The topological polar surface area (TPSA) is 142 Å². The molecule has 1 aliphatic rings. The highest BCUT2D eigenvalue weighted by Gasteiger charge is 2.31. The van der Waals surface area contributed by atoms with Gasteiger partial charge in [-0.3, -0.25) is 19.2 Å². The Balaban J connectivity index is 1.41. The van der Waals surface area contributed by atoms with Gasteiger partial charge in [-0.05, 0) is 65.0 Å². The number of amides is 4. The van der Waals surface area contributed by atoms with E-state index in [0.29, 0.717) is 25.7 Å². The zero-order chi connectivity index (χ0) is 33.2. The van der Waals surface area contributed by atoms with Crippen LogP contribution in [0.15, 0.2) is 84.9 Å². The molecular formula is C38H45N5O4. The number of rotatable bonds is 14. The van der Waals surface area contributed by atoms with Gasteiger partial charge in [-0.25, -0.2) is 0 Å². The van der Waals surface area contributed by atoms with Crippen molar-refractivity contribution in [2.45, 2.75) is 70.0 Å². The molecule has 2 unspecified atom stereocenters. The maximum absolute atomic E-state index is 14.1. The quantitative estimate of drug-likeness (QED) is 0.143. The van der Waals surface area contributed by atoms with Gasteiger partial charge in [-0.1, -0.05) is 105 Å². The Labute approximate surface area is 276 Å². The fourth-order valence-electron chi connectivity index (χ4n) is 6.23. The maximum Gasteiger partial charge on any atom is 0.243 e. The molecule has 246 valence electrons. The standard InChI is InChI=1S/C38H45N5O4/c1-2-3-12-32(35(39)44)41-37(46)34(24-26-14-16-28-9-5-7-11-31(28)22-26)43-38(47)33(42-36(45)29-17-19-40-20-18-29)23-25-13-15-27-8-4-6-10-30(27)21-25/h4-11,13-16,21-22,29,32-34,40H,2-3,12,17-20,23-24H2,1H3,(H2,39,44)(H,41,46)(H,42,45)(H,43,47)/t32?,33-,34?/m1/s1. The molecule has 1 aliphatic heterocycles. The molecule has 1 heterocycles. The minimum absolute atomic E-state index is 0.170. The molecule has 3 atom stereocenters. The summed E-state index contributed by atoms with van der Waals surface area (Å²) in [5.74, 6) is -1.96. The second-order valence-electron chi connectivity index (χ2n) is 12.5. The van der Waals surface area contributed by atoms with Crippen LogP contribution in [0.5, 0.6) is 0 Å². The van der Waals surface area contributed by atoms with Gasteiger partial charge in [0, 0.05) is 18.8 Å². The number of hydrogen-bond donors (Lipinski definition) is 5. The van der Waals surface area contributed by atoms with Crippen molar-refractivity contribution in [3.05, 3.63) is 96.1 Å². The van der Waals surface area contributed by atoms with Crippen molar-refractivity contribution in [3.8, 4) is 0 Å². The summed E-state index contributed by atoms with van der Waals surface area (Å²) in [6.45, 7) is 3.48. The molecule has 4 aromatic rings. The Morgan fingerprint density at radius 3 is 1.70 bits per heavy atom. The number of unbranched alkanes of at least 4 members (excludes halogenated alkanes) is 1. The summed E-state index contributed by atoms with van der Waals surface area (Å²) in [5, 5.41) is 16.2. The maximum atomic E-state index is 14.1. The molecule has 0 aromatic heterocycles. The van der Waals surface area contributed by atoms with E-state index in [2.05, 4.69) is 21.3 Å². The zero-order valence-corrected chi connectivity index (χ0v) is 27.0. The predicted octanol–water partition coefficient (Wildman–Crippen LogP) is 3.91. The molecule has 6 N–H and O–H groups in total. The third-order valence-electron chi connectivity index (χ3n) is 8.99. The van der Waals surface area contributed by atoms with Gasteiger partial charge in [0.05, 0.1) is 0 Å². The van der Waals surface area contributed by atoms with E-state index >= 15 is 0 Å². The second-order valence-corrected chi connectivity index (χ2v) is 12.5. The lowest BCUT2D eigenvalue weighted by molar-refractivity contribution is -0.134. The average molecular weight is 636 g/mol. The van der Waals surface area contributed by atoms with Crippen LogP contribution in [0.3, 0.4) is 0 Å². The number of nitrogens with two attached hydrogens (primary N) is 1. The van der Waals surface area contributed by atoms with E-state index in [4.69, 9.17) is 5.73 Å². The van der Waals surface area contributed by atoms with Crippen molar-refractivity contribution in [2.75, 3.05) is 13.1 Å². The molecule has 9 heteroatoms. The molecular weight excluding hydrogens is 590 g/mol. The summed E-state index contributed by atoms with van der Waals surface area (Å²) in [5.41, 5.74) is 7.38. The Bertz CT molecular complexity index is 1720. The lowest BCUT2D eigenvalue weighted by Crippen LogP contribution is -2.58. The van der Waals surface area contributed by atoms with Crippen LogP contribution >= 0.6 is 0 Å². The lowest BCUT2D eigenvalue weighted by Gasteiger charge is -2.27. The first-order chi connectivity index (χ1) is 22.8. The van der Waals surface area contributed by atoms with Gasteiger partial charge in [-0.2, -0.15) is 0 Å². The highest BCUT2D eigenvalue weighted by molar-refractivity contribution is 5.95. The van der Waals surface area contributed by atoms with Gasteiger partial charge in [0.25, 0.3) is 0 Å². The van der Waals surface area contributed by atoms with E-state index in [1.807, 2.05) is 91.9 Å². The van der Waals surface area contributed by atoms with E-state index in [1.165, 1.54) is 0 Å². The van der Waals surface area contributed by atoms with Gasteiger partial charge < -0.3 is 27.0 Å². The first kappa shape index (κ1) is 33.6. The van der Waals surface area contributed by atoms with Crippen molar-refractivity contribution in [1.29, 1.82) is 0 Å². The van der Waals surface area contributed by atoms with Gasteiger partial charge in [0.2, 0.25) is 23.6 Å². The number of fused-ring (bicyclic) bond motifs is 2. The first-order valence-corrected chi connectivity index (χ1v) is 16.7. The molecule has 0 bridgehead atoms. The smallest absolute Gasteiger partial charge is 0.243 e. The Morgan fingerprint density at radius 2 is 1.19 bits per heavy atom. The van der Waals surface area contributed by atoms with E-state index in [1.54, 1.807) is 0 Å². The molecule has 9 nitrogen and oxygen atoms in total. The number of nitrogens with one attached hydrogen (secondary N) is 4. The monoisotopic (exact) mass is 635 g/mol. The first-order valence-electron chi connectivity index (χ1n) is 16.7. The number of carbonyl (C=O) groups excluding carboxylic acids is 4. The van der Waals surface area contributed by atoms with Gasteiger partial charge in [0.15, 0.2) is 0 Å². The summed E-state index contributed by atoms with van der Waals surface area (Å²) in [7, 11) is 0. The van der Waals surface area contributed by atoms with E-state index < -0.39 is 35.8 Å². The molecule has 4 amide bonds. The molecule has 0 aliphatic carbocycles. The Morgan fingerprint density at radius 1 is 0.702 bits per heavy atom. The van der Waals surface area contributed by atoms with Crippen LogP contribution in [0.1, 0.15) is 50.2 Å². The highest BCUT2D eigenvalue weighted by atomic mass is 16.2. The number of hydrogen-bond acceptors (Lipinski definition) is 5. The number of benzene rings is 4. The molecule has 1 saturated heterocycles. The van der Waals surface area contributed by atoms with Crippen LogP contribution in [0.2, 0.25) is 0 Å². The summed E-state index contributed by atoms with van der Waals surface area (Å²) < 4.78 is 0. The van der Waals surface area contributed by atoms with Crippen molar-refractivity contribution in [1.82, 2.24) is 21.3 Å². The molecule has 0 spiro atoms. The van der Waals surface area contributed by atoms with Crippen LogP contribution in [0.4, 0.5) is 0 Å². The van der Waals surface area contributed by atoms with Crippen LogP contribution in [-0.4, -0.2) is 54.8 Å². The summed E-state index contributed by atoms with van der Waals surface area (Å²) in [6.07, 6.45) is 3.77. The molecule has 47 heavy (non-hydrogen) atoms. The largest absolute Gasteiger partial charge is 0.368 e. The third kappa shape index (κ3) is 9.16. The minimum atomic E-state index is -1.01. The molecule has 0 saturated carbocycles. The van der Waals surface area contributed by atoms with Crippen LogP contribution in [0, 0.1) is 5.92 Å². The van der Waals surface area contributed by atoms with Crippen LogP contribution in [0.25, 0.3) is 21.5 Å². The molecule has 1 fully saturated rings. The molecule has 0 radical (unpaired) electrons. The third-order valence-corrected chi connectivity index (χ3v) is 8.99. The predicted molar refractivity (Wildman–Crippen MR) is 185 cm³/mol.